The monoisotopic (exact) mass is 250 g/mol. The molecule has 1 aromatic carbocycles. The van der Waals surface area contributed by atoms with E-state index in [1.807, 2.05) is 0 Å². The zero-order valence-corrected chi connectivity index (χ0v) is 9.99. The Labute approximate surface area is 105 Å². The van der Waals surface area contributed by atoms with Gasteiger partial charge in [-0.15, -0.1) is 5.92 Å². The van der Waals surface area contributed by atoms with Gasteiger partial charge in [0.25, 0.3) is 0 Å². The molecule has 0 saturated heterocycles. The molecule has 1 aromatic rings. The van der Waals surface area contributed by atoms with Crippen LogP contribution < -0.4 is 4.74 Å². The van der Waals surface area contributed by atoms with Crippen molar-refractivity contribution in [3.05, 3.63) is 34.9 Å². The molecule has 0 heterocycles. The van der Waals surface area contributed by atoms with Crippen LogP contribution in [0.4, 0.5) is 0 Å². The van der Waals surface area contributed by atoms with E-state index >= 15 is 0 Å². The van der Waals surface area contributed by atoms with E-state index in [1.165, 1.54) is 6.08 Å². The minimum atomic E-state index is -1.00. The molecule has 3 nitrogen and oxygen atoms in total. The number of carboxylic acid groups (broad SMARTS) is 1. The molecule has 0 fully saturated rings. The maximum atomic E-state index is 10.3. The van der Waals surface area contributed by atoms with Gasteiger partial charge in [-0.3, -0.25) is 0 Å². The molecule has 0 bridgehead atoms. The van der Waals surface area contributed by atoms with Crippen LogP contribution in [-0.2, 0) is 4.79 Å². The highest BCUT2D eigenvalue weighted by atomic mass is 35.5. The fourth-order valence-corrected chi connectivity index (χ4v) is 1.33. The molecule has 0 aliphatic heterocycles. The average molecular weight is 251 g/mol. The number of carbonyl (C=O) groups is 1. The molecule has 0 aliphatic rings. The van der Waals surface area contributed by atoms with Gasteiger partial charge in [0, 0.05) is 6.08 Å². The van der Waals surface area contributed by atoms with Crippen LogP contribution in [0.1, 0.15) is 12.5 Å². The first-order valence-electron chi connectivity index (χ1n) is 4.86. The van der Waals surface area contributed by atoms with Gasteiger partial charge in [-0.25, -0.2) is 4.79 Å². The van der Waals surface area contributed by atoms with Crippen LogP contribution in [0.15, 0.2) is 24.3 Å². The average Bonchev–Trinajstić information content (AvgIpc) is 2.29. The van der Waals surface area contributed by atoms with Crippen molar-refractivity contribution < 1.29 is 14.6 Å². The zero-order valence-electron chi connectivity index (χ0n) is 9.24. The van der Waals surface area contributed by atoms with Crippen LogP contribution in [0.5, 0.6) is 5.75 Å². The molecule has 0 saturated carbocycles. The fourth-order valence-electron chi connectivity index (χ4n) is 1.09. The van der Waals surface area contributed by atoms with Gasteiger partial charge in [-0.05, 0) is 30.7 Å². The number of aliphatic carboxylic acids is 1. The van der Waals surface area contributed by atoms with Crippen LogP contribution >= 0.6 is 11.6 Å². The second-order valence-corrected chi connectivity index (χ2v) is 3.48. The van der Waals surface area contributed by atoms with E-state index in [4.69, 9.17) is 21.4 Å². The SMILES string of the molecule is CC#CCOc1ccc(C=CC(=O)O)cc1Cl. The van der Waals surface area contributed by atoms with E-state index < -0.39 is 5.97 Å². The van der Waals surface area contributed by atoms with Gasteiger partial charge in [0.05, 0.1) is 5.02 Å². The Balaban J connectivity index is 2.77. The Morgan fingerprint density at radius 3 is 2.94 bits per heavy atom. The second kappa shape index (κ2) is 6.62. The summed E-state index contributed by atoms with van der Waals surface area (Å²) in [6.45, 7) is 2.01. The summed E-state index contributed by atoms with van der Waals surface area (Å²) >= 11 is 5.97. The third-order valence-electron chi connectivity index (χ3n) is 1.85. The van der Waals surface area contributed by atoms with Crippen molar-refractivity contribution >= 4 is 23.6 Å². The van der Waals surface area contributed by atoms with E-state index in [0.717, 1.165) is 6.08 Å². The first-order chi connectivity index (χ1) is 8.13. The number of ether oxygens (including phenoxy) is 1. The van der Waals surface area contributed by atoms with Gasteiger partial charge in [0.1, 0.15) is 12.4 Å². The maximum absolute atomic E-state index is 10.3. The summed E-state index contributed by atoms with van der Waals surface area (Å²) in [7, 11) is 0. The number of rotatable bonds is 4. The van der Waals surface area contributed by atoms with E-state index in [0.29, 0.717) is 16.3 Å². The van der Waals surface area contributed by atoms with Crippen molar-refractivity contribution in [1.29, 1.82) is 0 Å². The quantitative estimate of drug-likeness (QED) is 0.660. The lowest BCUT2D eigenvalue weighted by atomic mass is 10.2. The smallest absolute Gasteiger partial charge is 0.328 e. The van der Waals surface area contributed by atoms with Gasteiger partial charge in [-0.2, -0.15) is 0 Å². The van der Waals surface area contributed by atoms with E-state index in [9.17, 15) is 4.79 Å². The Kier molecular flexibility index (Phi) is 5.12. The molecular formula is C13H11ClO3. The third kappa shape index (κ3) is 4.62. The van der Waals surface area contributed by atoms with Crippen molar-refractivity contribution in [3.63, 3.8) is 0 Å². The zero-order chi connectivity index (χ0) is 12.7. The Bertz CT molecular complexity index is 495. The highest BCUT2D eigenvalue weighted by Crippen LogP contribution is 2.25. The molecule has 17 heavy (non-hydrogen) atoms. The molecule has 0 radical (unpaired) electrons. The molecule has 0 unspecified atom stereocenters. The summed E-state index contributed by atoms with van der Waals surface area (Å²) < 4.78 is 5.31. The molecule has 1 N–H and O–H groups in total. The molecule has 0 atom stereocenters. The van der Waals surface area contributed by atoms with Crippen molar-refractivity contribution in [3.8, 4) is 17.6 Å². The molecule has 0 amide bonds. The van der Waals surface area contributed by atoms with Crippen molar-refractivity contribution in [1.82, 2.24) is 0 Å². The van der Waals surface area contributed by atoms with Gasteiger partial charge in [0.2, 0.25) is 0 Å². The number of hydrogen-bond acceptors (Lipinski definition) is 2. The highest BCUT2D eigenvalue weighted by molar-refractivity contribution is 6.32. The second-order valence-electron chi connectivity index (χ2n) is 3.08. The Hall–Kier alpha value is -1.92. The molecule has 88 valence electrons. The van der Waals surface area contributed by atoms with Crippen LogP contribution in [0.3, 0.4) is 0 Å². The Morgan fingerprint density at radius 1 is 1.59 bits per heavy atom. The van der Waals surface area contributed by atoms with Crippen molar-refractivity contribution in [2.45, 2.75) is 6.92 Å². The van der Waals surface area contributed by atoms with Gasteiger partial charge in [-0.1, -0.05) is 23.6 Å². The molecule has 1 rings (SSSR count). The lowest BCUT2D eigenvalue weighted by Gasteiger charge is -2.05. The van der Waals surface area contributed by atoms with Crippen LogP contribution in [0.2, 0.25) is 5.02 Å². The van der Waals surface area contributed by atoms with E-state index in [2.05, 4.69) is 11.8 Å². The van der Waals surface area contributed by atoms with Crippen molar-refractivity contribution in [2.75, 3.05) is 6.61 Å². The van der Waals surface area contributed by atoms with Gasteiger partial charge in [0.15, 0.2) is 0 Å². The lowest BCUT2D eigenvalue weighted by Crippen LogP contribution is -1.94. The van der Waals surface area contributed by atoms with Crippen LogP contribution in [-0.4, -0.2) is 17.7 Å². The predicted molar refractivity (Wildman–Crippen MR) is 67.1 cm³/mol. The Morgan fingerprint density at radius 2 is 2.35 bits per heavy atom. The lowest BCUT2D eigenvalue weighted by molar-refractivity contribution is -0.131. The molecular weight excluding hydrogens is 240 g/mol. The van der Waals surface area contributed by atoms with E-state index in [1.54, 1.807) is 25.1 Å². The standard InChI is InChI=1S/C13H11ClO3/c1-2-3-8-17-12-6-4-10(9-11(12)14)5-7-13(15)16/h4-7,9H,8H2,1H3,(H,15,16). The summed E-state index contributed by atoms with van der Waals surface area (Å²) in [6.07, 6.45) is 2.51. The number of benzene rings is 1. The molecule has 0 aliphatic carbocycles. The summed E-state index contributed by atoms with van der Waals surface area (Å²) in [5, 5.41) is 8.91. The molecule has 0 aromatic heterocycles. The normalized spacial score (nSPS) is 9.76. The summed E-state index contributed by atoms with van der Waals surface area (Å²) in [4.78, 5) is 10.3. The summed E-state index contributed by atoms with van der Waals surface area (Å²) in [5.74, 6) is 4.99. The first kappa shape index (κ1) is 13.1. The maximum Gasteiger partial charge on any atom is 0.328 e. The van der Waals surface area contributed by atoms with Crippen molar-refractivity contribution in [2.24, 2.45) is 0 Å². The van der Waals surface area contributed by atoms with Crippen LogP contribution in [0.25, 0.3) is 6.08 Å². The molecule has 0 spiro atoms. The van der Waals surface area contributed by atoms with Gasteiger partial charge >= 0.3 is 5.97 Å². The topological polar surface area (TPSA) is 46.5 Å². The first-order valence-corrected chi connectivity index (χ1v) is 5.24. The largest absolute Gasteiger partial charge is 0.479 e. The summed E-state index contributed by atoms with van der Waals surface area (Å²) in [6, 6.07) is 5.04. The number of hydrogen-bond donors (Lipinski definition) is 1. The minimum Gasteiger partial charge on any atom is -0.479 e. The fraction of sp³-hybridized carbons (Fsp3) is 0.154. The third-order valence-corrected chi connectivity index (χ3v) is 2.15. The number of halogens is 1. The predicted octanol–water partition coefficient (Wildman–Crippen LogP) is 2.84. The van der Waals surface area contributed by atoms with E-state index in [-0.39, 0.29) is 6.61 Å². The highest BCUT2D eigenvalue weighted by Gasteiger charge is 2.01. The summed E-state index contributed by atoms with van der Waals surface area (Å²) in [5.41, 5.74) is 0.700. The number of carboxylic acids is 1. The van der Waals surface area contributed by atoms with Gasteiger partial charge < -0.3 is 9.84 Å². The minimum absolute atomic E-state index is 0.278. The van der Waals surface area contributed by atoms with Crippen LogP contribution in [0, 0.1) is 11.8 Å². The molecule has 4 heteroatoms.